The Kier molecular flexibility index (Phi) is 5.59. The van der Waals surface area contributed by atoms with Gasteiger partial charge in [0.15, 0.2) is 0 Å². The summed E-state index contributed by atoms with van der Waals surface area (Å²) in [5, 5.41) is 2.50. The van der Waals surface area contributed by atoms with Crippen molar-refractivity contribution in [3.63, 3.8) is 0 Å². The third-order valence-electron chi connectivity index (χ3n) is 4.28. The SMILES string of the molecule is O=C(CN1CCN(c2ncccc2C(F)(F)F)CC1)Nc1ccccc1F. The Bertz CT molecular complexity index is 804. The first-order chi connectivity index (χ1) is 12.8. The van der Waals surface area contributed by atoms with E-state index in [0.717, 1.165) is 6.07 Å². The summed E-state index contributed by atoms with van der Waals surface area (Å²) >= 11 is 0. The first kappa shape index (κ1) is 19.1. The van der Waals surface area contributed by atoms with Gasteiger partial charge < -0.3 is 10.2 Å². The molecule has 1 saturated heterocycles. The van der Waals surface area contributed by atoms with Gasteiger partial charge in [-0.1, -0.05) is 12.1 Å². The minimum absolute atomic E-state index is 0.0382. The van der Waals surface area contributed by atoms with E-state index in [2.05, 4.69) is 10.3 Å². The van der Waals surface area contributed by atoms with Gasteiger partial charge in [0.25, 0.3) is 0 Å². The molecule has 0 unspecified atom stereocenters. The van der Waals surface area contributed by atoms with Crippen LogP contribution in [-0.2, 0) is 11.0 Å². The molecular weight excluding hydrogens is 364 g/mol. The zero-order chi connectivity index (χ0) is 19.4. The number of piperazine rings is 1. The standard InChI is InChI=1S/C18H18F4N4O/c19-14-5-1-2-6-15(14)24-16(27)12-25-8-10-26(11-9-25)17-13(18(20,21)22)4-3-7-23-17/h1-7H,8-12H2,(H,24,27). The van der Waals surface area contributed by atoms with Gasteiger partial charge in [-0.2, -0.15) is 13.2 Å². The number of rotatable bonds is 4. The Morgan fingerprint density at radius 2 is 1.78 bits per heavy atom. The fourth-order valence-electron chi connectivity index (χ4n) is 2.94. The number of amides is 1. The molecule has 0 bridgehead atoms. The van der Waals surface area contributed by atoms with Crippen LogP contribution in [0.5, 0.6) is 0 Å². The second-order valence-electron chi connectivity index (χ2n) is 6.16. The van der Waals surface area contributed by atoms with Gasteiger partial charge in [-0.05, 0) is 24.3 Å². The Hall–Kier alpha value is -2.68. The average molecular weight is 382 g/mol. The summed E-state index contributed by atoms with van der Waals surface area (Å²) in [5.41, 5.74) is -0.666. The van der Waals surface area contributed by atoms with Crippen molar-refractivity contribution in [2.75, 3.05) is 42.9 Å². The van der Waals surface area contributed by atoms with Crippen LogP contribution in [0.15, 0.2) is 42.6 Å². The van der Waals surface area contributed by atoms with Gasteiger partial charge in [0, 0.05) is 32.4 Å². The number of halogens is 4. The molecule has 0 saturated carbocycles. The number of carbonyl (C=O) groups excluding carboxylic acids is 1. The minimum atomic E-state index is -4.47. The van der Waals surface area contributed by atoms with Crippen molar-refractivity contribution in [1.29, 1.82) is 0 Å². The molecule has 144 valence electrons. The van der Waals surface area contributed by atoms with Crippen LogP contribution >= 0.6 is 0 Å². The molecule has 9 heteroatoms. The number of hydrogen-bond acceptors (Lipinski definition) is 4. The lowest BCUT2D eigenvalue weighted by atomic mass is 10.2. The van der Waals surface area contributed by atoms with Crippen LogP contribution in [0.25, 0.3) is 0 Å². The molecule has 1 aliphatic rings. The van der Waals surface area contributed by atoms with Gasteiger partial charge in [0.1, 0.15) is 11.6 Å². The average Bonchev–Trinajstić information content (AvgIpc) is 2.63. The summed E-state index contributed by atoms with van der Waals surface area (Å²) in [4.78, 5) is 19.3. The molecule has 1 aromatic heterocycles. The molecule has 5 nitrogen and oxygen atoms in total. The lowest BCUT2D eigenvalue weighted by Crippen LogP contribution is -2.49. The van der Waals surface area contributed by atoms with Crippen LogP contribution in [0.3, 0.4) is 0 Å². The molecule has 0 radical (unpaired) electrons. The number of pyridine rings is 1. The maximum Gasteiger partial charge on any atom is 0.419 e. The highest BCUT2D eigenvalue weighted by molar-refractivity contribution is 5.92. The molecule has 1 amide bonds. The zero-order valence-electron chi connectivity index (χ0n) is 14.3. The monoisotopic (exact) mass is 382 g/mol. The van der Waals surface area contributed by atoms with Crippen molar-refractivity contribution in [3.8, 4) is 0 Å². The van der Waals surface area contributed by atoms with Crippen LogP contribution in [0.2, 0.25) is 0 Å². The Morgan fingerprint density at radius 1 is 1.07 bits per heavy atom. The van der Waals surface area contributed by atoms with Crippen molar-refractivity contribution < 1.29 is 22.4 Å². The summed E-state index contributed by atoms with van der Waals surface area (Å²) in [6.07, 6.45) is -3.14. The summed E-state index contributed by atoms with van der Waals surface area (Å²) in [7, 11) is 0. The predicted octanol–water partition coefficient (Wildman–Crippen LogP) is 3.00. The number of nitrogens with zero attached hydrogens (tertiary/aromatic N) is 3. The van der Waals surface area contributed by atoms with E-state index < -0.39 is 17.6 Å². The van der Waals surface area contributed by atoms with Gasteiger partial charge in [-0.25, -0.2) is 9.37 Å². The highest BCUT2D eigenvalue weighted by Crippen LogP contribution is 2.35. The van der Waals surface area contributed by atoms with E-state index in [1.54, 1.807) is 11.0 Å². The smallest absolute Gasteiger partial charge is 0.354 e. The van der Waals surface area contributed by atoms with E-state index in [0.29, 0.717) is 26.2 Å². The predicted molar refractivity (Wildman–Crippen MR) is 92.9 cm³/mol. The molecule has 1 N–H and O–H groups in total. The number of nitrogens with one attached hydrogen (secondary N) is 1. The van der Waals surface area contributed by atoms with Crippen molar-refractivity contribution in [2.24, 2.45) is 0 Å². The molecular formula is C18H18F4N4O. The summed E-state index contributed by atoms with van der Waals surface area (Å²) in [6, 6.07) is 8.12. The molecule has 0 spiro atoms. The Morgan fingerprint density at radius 3 is 2.44 bits per heavy atom. The maximum absolute atomic E-state index is 13.6. The molecule has 2 aromatic rings. The number of carbonyl (C=O) groups is 1. The van der Waals surface area contributed by atoms with Gasteiger partial charge >= 0.3 is 6.18 Å². The normalized spacial score (nSPS) is 15.6. The van der Waals surface area contributed by atoms with Crippen LogP contribution in [0.4, 0.5) is 29.1 Å². The Labute approximate surface area is 153 Å². The molecule has 1 aromatic carbocycles. The van der Waals surface area contributed by atoms with Crippen molar-refractivity contribution in [1.82, 2.24) is 9.88 Å². The lowest BCUT2D eigenvalue weighted by molar-refractivity contribution is -0.137. The van der Waals surface area contributed by atoms with Crippen LogP contribution in [-0.4, -0.2) is 48.5 Å². The maximum atomic E-state index is 13.6. The highest BCUT2D eigenvalue weighted by atomic mass is 19.4. The van der Waals surface area contributed by atoms with Gasteiger partial charge in [-0.15, -0.1) is 0 Å². The van der Waals surface area contributed by atoms with Crippen molar-refractivity contribution in [2.45, 2.75) is 6.18 Å². The van der Waals surface area contributed by atoms with E-state index in [1.807, 2.05) is 4.90 Å². The second kappa shape index (κ2) is 7.91. The first-order valence-corrected chi connectivity index (χ1v) is 8.38. The number of anilines is 2. The summed E-state index contributed by atoms with van der Waals surface area (Å²) in [5.74, 6) is -0.992. The fraction of sp³-hybridized carbons (Fsp3) is 0.333. The topological polar surface area (TPSA) is 48.5 Å². The summed E-state index contributed by atoms with van der Waals surface area (Å²) < 4.78 is 53.0. The summed E-state index contributed by atoms with van der Waals surface area (Å²) in [6.45, 7) is 1.47. The lowest BCUT2D eigenvalue weighted by Gasteiger charge is -2.35. The zero-order valence-corrected chi connectivity index (χ0v) is 14.3. The molecule has 1 aliphatic heterocycles. The van der Waals surface area contributed by atoms with E-state index in [9.17, 15) is 22.4 Å². The third-order valence-corrected chi connectivity index (χ3v) is 4.28. The first-order valence-electron chi connectivity index (χ1n) is 8.38. The van der Waals surface area contributed by atoms with Gasteiger partial charge in [0.2, 0.25) is 5.91 Å². The van der Waals surface area contributed by atoms with Crippen LogP contribution in [0, 0.1) is 5.82 Å². The highest BCUT2D eigenvalue weighted by Gasteiger charge is 2.36. The largest absolute Gasteiger partial charge is 0.419 e. The molecule has 0 atom stereocenters. The van der Waals surface area contributed by atoms with E-state index in [4.69, 9.17) is 0 Å². The van der Waals surface area contributed by atoms with Crippen LogP contribution in [0.1, 0.15) is 5.56 Å². The van der Waals surface area contributed by atoms with Gasteiger partial charge in [0.05, 0.1) is 17.8 Å². The third kappa shape index (κ3) is 4.73. The molecule has 1 fully saturated rings. The van der Waals surface area contributed by atoms with Gasteiger partial charge in [-0.3, -0.25) is 9.69 Å². The second-order valence-corrected chi connectivity index (χ2v) is 6.16. The molecule has 3 rings (SSSR count). The number of benzene rings is 1. The number of hydrogen-bond donors (Lipinski definition) is 1. The van der Waals surface area contributed by atoms with Crippen LogP contribution < -0.4 is 10.2 Å². The number of aromatic nitrogens is 1. The molecule has 27 heavy (non-hydrogen) atoms. The molecule has 2 heterocycles. The molecule has 0 aliphatic carbocycles. The fourth-order valence-corrected chi connectivity index (χ4v) is 2.94. The minimum Gasteiger partial charge on any atom is -0.354 e. The quantitative estimate of drug-likeness (QED) is 0.826. The van der Waals surface area contributed by atoms with E-state index in [1.165, 1.54) is 30.5 Å². The van der Waals surface area contributed by atoms with Crippen molar-refractivity contribution >= 4 is 17.4 Å². The number of alkyl halides is 3. The van der Waals surface area contributed by atoms with E-state index in [-0.39, 0.29) is 24.0 Å². The Balaban J connectivity index is 1.57. The number of para-hydroxylation sites is 1. The van der Waals surface area contributed by atoms with Crippen molar-refractivity contribution in [3.05, 3.63) is 54.0 Å². The van der Waals surface area contributed by atoms with E-state index >= 15 is 0 Å².